The minimum Gasteiger partial charge on any atom is -0.281 e. The molecule has 1 aromatic rings. The third-order valence-electron chi connectivity index (χ3n) is 3.10. The van der Waals surface area contributed by atoms with E-state index in [9.17, 15) is 8.42 Å². The number of nitrogens with zero attached hydrogens (tertiary/aromatic N) is 1. The number of aryl methyl sites for hydroxylation is 2. The quantitative estimate of drug-likeness (QED) is 0.882. The molecule has 1 unspecified atom stereocenters. The van der Waals surface area contributed by atoms with Gasteiger partial charge in [-0.05, 0) is 32.4 Å². The lowest BCUT2D eigenvalue weighted by molar-refractivity contribution is 0.572. The van der Waals surface area contributed by atoms with Crippen LogP contribution in [0, 0.1) is 13.8 Å². The van der Waals surface area contributed by atoms with Gasteiger partial charge in [-0.15, -0.1) is 0 Å². The van der Waals surface area contributed by atoms with Crippen LogP contribution in [0.2, 0.25) is 0 Å². The number of sulfonamides is 1. The zero-order chi connectivity index (χ0) is 13.2. The van der Waals surface area contributed by atoms with Gasteiger partial charge >= 0.3 is 0 Å². The SMILES string of the molecule is Cc1n[nH]c(C)c1S(=O)(=O)NCC1CCCCS1. The van der Waals surface area contributed by atoms with Crippen LogP contribution in [0.1, 0.15) is 30.7 Å². The molecule has 7 heteroatoms. The molecular formula is C11H19N3O2S2. The van der Waals surface area contributed by atoms with Crippen LogP contribution < -0.4 is 4.72 Å². The second-order valence-corrected chi connectivity index (χ2v) is 7.72. The van der Waals surface area contributed by atoms with Gasteiger partial charge in [0.2, 0.25) is 10.0 Å². The summed E-state index contributed by atoms with van der Waals surface area (Å²) >= 11 is 1.86. The Labute approximate surface area is 112 Å². The Balaban J connectivity index is 2.03. The fourth-order valence-electron chi connectivity index (χ4n) is 2.18. The summed E-state index contributed by atoms with van der Waals surface area (Å²) in [5.41, 5.74) is 1.12. The fourth-order valence-corrected chi connectivity index (χ4v) is 4.97. The van der Waals surface area contributed by atoms with E-state index in [0.717, 1.165) is 12.2 Å². The summed E-state index contributed by atoms with van der Waals surface area (Å²) < 4.78 is 27.1. The van der Waals surface area contributed by atoms with Crippen molar-refractivity contribution in [1.82, 2.24) is 14.9 Å². The molecule has 1 saturated heterocycles. The summed E-state index contributed by atoms with van der Waals surface area (Å²) in [5.74, 6) is 1.14. The highest BCUT2D eigenvalue weighted by atomic mass is 32.2. The molecule has 0 radical (unpaired) electrons. The minimum atomic E-state index is -3.43. The van der Waals surface area contributed by atoms with Gasteiger partial charge in [-0.1, -0.05) is 6.42 Å². The minimum absolute atomic E-state index is 0.295. The highest BCUT2D eigenvalue weighted by Gasteiger charge is 2.23. The Morgan fingerprint density at radius 3 is 2.78 bits per heavy atom. The van der Waals surface area contributed by atoms with Crippen molar-refractivity contribution in [1.29, 1.82) is 0 Å². The molecule has 1 aliphatic rings. The second kappa shape index (κ2) is 5.63. The third-order valence-corrected chi connectivity index (χ3v) is 6.19. The Morgan fingerprint density at radius 2 is 2.22 bits per heavy atom. The number of aromatic nitrogens is 2. The van der Waals surface area contributed by atoms with Crippen LogP contribution in [0.15, 0.2) is 4.90 Å². The molecule has 0 amide bonds. The standard InChI is InChI=1S/C11H19N3O2S2/c1-8-11(9(2)14-13-8)18(15,16)12-7-10-5-3-4-6-17-10/h10,12H,3-7H2,1-2H3,(H,13,14). The highest BCUT2D eigenvalue weighted by Crippen LogP contribution is 2.25. The number of hydrogen-bond acceptors (Lipinski definition) is 4. The van der Waals surface area contributed by atoms with Crippen LogP contribution in [0.4, 0.5) is 0 Å². The van der Waals surface area contributed by atoms with Gasteiger partial charge < -0.3 is 0 Å². The second-order valence-electron chi connectivity index (χ2n) is 4.60. The van der Waals surface area contributed by atoms with Crippen LogP contribution in [0.25, 0.3) is 0 Å². The topological polar surface area (TPSA) is 74.8 Å². The summed E-state index contributed by atoms with van der Waals surface area (Å²) in [6.45, 7) is 3.94. The van der Waals surface area contributed by atoms with Crippen LogP contribution in [0.5, 0.6) is 0 Å². The first-order valence-electron chi connectivity index (χ1n) is 6.13. The van der Waals surface area contributed by atoms with Crippen LogP contribution in [0.3, 0.4) is 0 Å². The van der Waals surface area contributed by atoms with E-state index in [1.165, 1.54) is 12.8 Å². The number of nitrogens with one attached hydrogen (secondary N) is 2. The molecule has 0 aliphatic carbocycles. The summed E-state index contributed by atoms with van der Waals surface area (Å²) in [4.78, 5) is 0.295. The fraction of sp³-hybridized carbons (Fsp3) is 0.727. The van der Waals surface area contributed by atoms with E-state index in [1.807, 2.05) is 11.8 Å². The summed E-state index contributed by atoms with van der Waals surface area (Å²) in [7, 11) is -3.43. The van der Waals surface area contributed by atoms with Crippen molar-refractivity contribution in [3.05, 3.63) is 11.4 Å². The monoisotopic (exact) mass is 289 g/mol. The van der Waals surface area contributed by atoms with Crippen LogP contribution in [-0.4, -0.2) is 36.2 Å². The molecule has 1 aliphatic heterocycles. The summed E-state index contributed by atoms with van der Waals surface area (Å²) in [6.07, 6.45) is 3.54. The van der Waals surface area contributed by atoms with E-state index in [0.29, 0.717) is 28.1 Å². The first kappa shape index (κ1) is 13.9. The zero-order valence-electron chi connectivity index (χ0n) is 10.7. The predicted molar refractivity (Wildman–Crippen MR) is 73.3 cm³/mol. The maximum atomic E-state index is 12.2. The molecule has 2 rings (SSSR count). The van der Waals surface area contributed by atoms with Crippen molar-refractivity contribution in [2.24, 2.45) is 0 Å². The lowest BCUT2D eigenvalue weighted by Crippen LogP contribution is -2.32. The molecule has 18 heavy (non-hydrogen) atoms. The van der Waals surface area contributed by atoms with Crippen molar-refractivity contribution in [2.75, 3.05) is 12.3 Å². The van der Waals surface area contributed by atoms with Crippen molar-refractivity contribution in [3.63, 3.8) is 0 Å². The first-order chi connectivity index (χ1) is 8.50. The van der Waals surface area contributed by atoms with Crippen LogP contribution in [-0.2, 0) is 10.0 Å². The van der Waals surface area contributed by atoms with Crippen molar-refractivity contribution >= 4 is 21.8 Å². The Morgan fingerprint density at radius 1 is 1.44 bits per heavy atom. The Bertz CT molecular complexity index is 485. The molecule has 5 nitrogen and oxygen atoms in total. The van der Waals surface area contributed by atoms with Gasteiger partial charge in [0.1, 0.15) is 4.90 Å². The van der Waals surface area contributed by atoms with Gasteiger partial charge in [-0.25, -0.2) is 13.1 Å². The molecule has 0 spiro atoms. The average molecular weight is 289 g/mol. The molecule has 0 saturated carbocycles. The molecule has 1 aromatic heterocycles. The number of thioether (sulfide) groups is 1. The normalized spacial score (nSPS) is 21.1. The van der Waals surface area contributed by atoms with Gasteiger partial charge in [0, 0.05) is 11.8 Å². The summed E-state index contributed by atoms with van der Waals surface area (Å²) in [6, 6.07) is 0. The van der Waals surface area contributed by atoms with Crippen LogP contribution >= 0.6 is 11.8 Å². The van der Waals surface area contributed by atoms with E-state index in [1.54, 1.807) is 13.8 Å². The number of aromatic amines is 1. The number of hydrogen-bond donors (Lipinski definition) is 2. The predicted octanol–water partition coefficient (Wildman–Crippen LogP) is 1.59. The molecule has 1 atom stereocenters. The zero-order valence-corrected chi connectivity index (χ0v) is 12.3. The van der Waals surface area contributed by atoms with Gasteiger partial charge in [0.15, 0.2) is 0 Å². The maximum Gasteiger partial charge on any atom is 0.244 e. The largest absolute Gasteiger partial charge is 0.281 e. The first-order valence-corrected chi connectivity index (χ1v) is 8.67. The molecule has 102 valence electrons. The molecular weight excluding hydrogens is 270 g/mol. The maximum absolute atomic E-state index is 12.2. The molecule has 2 heterocycles. The van der Waals surface area contributed by atoms with E-state index < -0.39 is 10.0 Å². The van der Waals surface area contributed by atoms with E-state index in [2.05, 4.69) is 14.9 Å². The average Bonchev–Trinajstić information content (AvgIpc) is 2.69. The third kappa shape index (κ3) is 3.07. The number of H-pyrrole nitrogens is 1. The number of rotatable bonds is 4. The smallest absolute Gasteiger partial charge is 0.244 e. The van der Waals surface area contributed by atoms with Gasteiger partial charge in [0.25, 0.3) is 0 Å². The molecule has 2 N–H and O–H groups in total. The van der Waals surface area contributed by atoms with Crippen molar-refractivity contribution in [3.8, 4) is 0 Å². The van der Waals surface area contributed by atoms with E-state index in [-0.39, 0.29) is 0 Å². The lowest BCUT2D eigenvalue weighted by Gasteiger charge is -2.21. The Kier molecular flexibility index (Phi) is 4.34. The van der Waals surface area contributed by atoms with Crippen molar-refractivity contribution in [2.45, 2.75) is 43.3 Å². The van der Waals surface area contributed by atoms with Gasteiger partial charge in [-0.2, -0.15) is 16.9 Å². The molecule has 0 bridgehead atoms. The van der Waals surface area contributed by atoms with E-state index in [4.69, 9.17) is 0 Å². The lowest BCUT2D eigenvalue weighted by atomic mass is 10.2. The van der Waals surface area contributed by atoms with Gasteiger partial charge in [0.05, 0.1) is 11.4 Å². The molecule has 1 fully saturated rings. The van der Waals surface area contributed by atoms with E-state index >= 15 is 0 Å². The Hall–Kier alpha value is -0.530. The highest BCUT2D eigenvalue weighted by molar-refractivity contribution is 8.00. The molecule has 0 aromatic carbocycles. The van der Waals surface area contributed by atoms with Crippen molar-refractivity contribution < 1.29 is 8.42 Å². The van der Waals surface area contributed by atoms with Gasteiger partial charge in [-0.3, -0.25) is 5.10 Å². The summed E-state index contributed by atoms with van der Waals surface area (Å²) in [5, 5.41) is 7.04.